The average molecular weight is 453 g/mol. The molecule has 1 amide bonds. The summed E-state index contributed by atoms with van der Waals surface area (Å²) in [6.07, 6.45) is 3.21. The molecule has 1 atom stereocenters. The molecule has 6 heteroatoms. The van der Waals surface area contributed by atoms with E-state index in [1.807, 2.05) is 18.4 Å². The molecule has 1 heterocycles. The number of thiophene rings is 1. The first-order chi connectivity index (χ1) is 14.9. The Bertz CT molecular complexity index is 1130. The lowest BCUT2D eigenvalue weighted by molar-refractivity contribution is -0.115. The SMILES string of the molecule is CNC(=O)c1ccc(/C=C/C(=O)C(N)c2sccc2-c2ccc(C)c(CCl)c2C)cc1. The van der Waals surface area contributed by atoms with Crippen LogP contribution in [0, 0.1) is 13.8 Å². The van der Waals surface area contributed by atoms with Gasteiger partial charge in [-0.1, -0.05) is 30.3 Å². The second kappa shape index (κ2) is 10.1. The van der Waals surface area contributed by atoms with Crippen molar-refractivity contribution in [3.8, 4) is 11.1 Å². The van der Waals surface area contributed by atoms with Crippen LogP contribution in [-0.2, 0) is 10.7 Å². The third kappa shape index (κ3) is 4.96. The Morgan fingerprint density at radius 1 is 1.10 bits per heavy atom. The van der Waals surface area contributed by atoms with E-state index in [1.54, 1.807) is 37.4 Å². The van der Waals surface area contributed by atoms with Gasteiger partial charge in [-0.05, 0) is 76.9 Å². The van der Waals surface area contributed by atoms with E-state index >= 15 is 0 Å². The lowest BCUT2D eigenvalue weighted by atomic mass is 9.93. The maximum absolute atomic E-state index is 12.8. The highest BCUT2D eigenvalue weighted by atomic mass is 35.5. The number of rotatable bonds is 7. The van der Waals surface area contributed by atoms with Gasteiger partial charge in [-0.15, -0.1) is 22.9 Å². The molecule has 3 rings (SSSR count). The largest absolute Gasteiger partial charge is 0.355 e. The number of hydrogen-bond acceptors (Lipinski definition) is 4. The maximum Gasteiger partial charge on any atom is 0.251 e. The van der Waals surface area contributed by atoms with Crippen molar-refractivity contribution in [3.63, 3.8) is 0 Å². The quantitative estimate of drug-likeness (QED) is 0.371. The molecule has 0 aliphatic rings. The monoisotopic (exact) mass is 452 g/mol. The first-order valence-corrected chi connectivity index (χ1v) is 11.3. The molecule has 0 saturated heterocycles. The van der Waals surface area contributed by atoms with Gasteiger partial charge in [0.05, 0.1) is 0 Å². The Balaban J connectivity index is 1.83. The summed E-state index contributed by atoms with van der Waals surface area (Å²) in [6, 6.07) is 12.4. The van der Waals surface area contributed by atoms with Gasteiger partial charge < -0.3 is 11.1 Å². The fraction of sp³-hybridized carbons (Fsp3) is 0.200. The van der Waals surface area contributed by atoms with Gasteiger partial charge in [0.15, 0.2) is 5.78 Å². The van der Waals surface area contributed by atoms with Gasteiger partial charge in [-0.25, -0.2) is 0 Å². The first kappa shape index (κ1) is 22.9. The Morgan fingerprint density at radius 3 is 2.45 bits per heavy atom. The lowest BCUT2D eigenvalue weighted by Crippen LogP contribution is -2.19. The molecule has 0 fully saturated rings. The number of carbonyl (C=O) groups is 2. The summed E-state index contributed by atoms with van der Waals surface area (Å²) in [5.74, 6) is 0.112. The van der Waals surface area contributed by atoms with Crippen LogP contribution in [0.15, 0.2) is 53.9 Å². The molecule has 2 aromatic carbocycles. The smallest absolute Gasteiger partial charge is 0.251 e. The van der Waals surface area contributed by atoms with Gasteiger partial charge in [0, 0.05) is 23.4 Å². The fourth-order valence-corrected chi connectivity index (χ4v) is 4.80. The van der Waals surface area contributed by atoms with Crippen LogP contribution in [0.3, 0.4) is 0 Å². The summed E-state index contributed by atoms with van der Waals surface area (Å²) in [5, 5.41) is 4.54. The normalized spacial score (nSPS) is 12.2. The molecular formula is C25H25ClN2O2S. The van der Waals surface area contributed by atoms with Crippen LogP contribution in [0.2, 0.25) is 0 Å². The number of nitrogens with two attached hydrogens (primary N) is 1. The molecule has 31 heavy (non-hydrogen) atoms. The fourth-order valence-electron chi connectivity index (χ4n) is 3.48. The number of aryl methyl sites for hydroxylation is 1. The minimum Gasteiger partial charge on any atom is -0.355 e. The van der Waals surface area contributed by atoms with Gasteiger partial charge in [-0.2, -0.15) is 0 Å². The molecule has 1 unspecified atom stereocenters. The second-order valence-corrected chi connectivity index (χ2v) is 8.50. The molecule has 3 N–H and O–H groups in total. The van der Waals surface area contributed by atoms with Crippen molar-refractivity contribution < 1.29 is 9.59 Å². The number of benzene rings is 2. The molecule has 0 spiro atoms. The van der Waals surface area contributed by atoms with Gasteiger partial charge >= 0.3 is 0 Å². The Morgan fingerprint density at radius 2 is 1.81 bits per heavy atom. The third-order valence-electron chi connectivity index (χ3n) is 5.38. The molecule has 0 saturated carbocycles. The minimum atomic E-state index is -0.753. The standard InChI is InChI=1S/C25H25ClN2O2S/c1-15-4-10-19(16(2)21(15)14-26)20-12-13-31-24(20)23(27)22(29)11-7-17-5-8-18(9-6-17)25(30)28-3/h4-13,23H,14,27H2,1-3H3,(H,28,30)/b11-7+. The Hall–Kier alpha value is -2.73. The Labute approximate surface area is 191 Å². The van der Waals surface area contributed by atoms with E-state index < -0.39 is 6.04 Å². The highest BCUT2D eigenvalue weighted by molar-refractivity contribution is 7.10. The summed E-state index contributed by atoms with van der Waals surface area (Å²) in [5.41, 5.74) is 13.1. The highest BCUT2D eigenvalue weighted by Gasteiger charge is 2.21. The number of alkyl halides is 1. The van der Waals surface area contributed by atoms with Crippen LogP contribution in [0.4, 0.5) is 0 Å². The van der Waals surface area contributed by atoms with E-state index in [9.17, 15) is 9.59 Å². The van der Waals surface area contributed by atoms with E-state index in [0.717, 1.165) is 38.3 Å². The highest BCUT2D eigenvalue weighted by Crippen LogP contribution is 2.36. The van der Waals surface area contributed by atoms with E-state index in [2.05, 4.69) is 24.4 Å². The number of amides is 1. The maximum atomic E-state index is 12.8. The van der Waals surface area contributed by atoms with Crippen LogP contribution in [-0.4, -0.2) is 18.7 Å². The van der Waals surface area contributed by atoms with Crippen molar-refractivity contribution in [3.05, 3.63) is 86.6 Å². The first-order valence-electron chi connectivity index (χ1n) is 9.89. The van der Waals surface area contributed by atoms with Crippen molar-refractivity contribution in [1.29, 1.82) is 0 Å². The van der Waals surface area contributed by atoms with Crippen LogP contribution >= 0.6 is 22.9 Å². The molecule has 0 aliphatic heterocycles. The number of ketones is 1. The Kier molecular flexibility index (Phi) is 7.44. The van der Waals surface area contributed by atoms with Crippen molar-refractivity contribution in [2.75, 3.05) is 7.05 Å². The van der Waals surface area contributed by atoms with Crippen LogP contribution in [0.25, 0.3) is 17.2 Å². The summed E-state index contributed by atoms with van der Waals surface area (Å²) < 4.78 is 0. The molecule has 160 valence electrons. The van der Waals surface area contributed by atoms with Crippen molar-refractivity contribution in [2.45, 2.75) is 25.8 Å². The zero-order valence-corrected chi connectivity index (χ0v) is 19.3. The van der Waals surface area contributed by atoms with E-state index in [1.165, 1.54) is 17.4 Å². The molecule has 0 aliphatic carbocycles. The topological polar surface area (TPSA) is 72.2 Å². The van der Waals surface area contributed by atoms with E-state index in [0.29, 0.717) is 11.4 Å². The summed E-state index contributed by atoms with van der Waals surface area (Å²) >= 11 is 7.63. The summed E-state index contributed by atoms with van der Waals surface area (Å²) in [4.78, 5) is 25.3. The van der Waals surface area contributed by atoms with Gasteiger partial charge in [-0.3, -0.25) is 9.59 Å². The van der Waals surface area contributed by atoms with Crippen LogP contribution < -0.4 is 11.1 Å². The van der Waals surface area contributed by atoms with Crippen molar-refractivity contribution in [2.24, 2.45) is 5.73 Å². The lowest BCUT2D eigenvalue weighted by Gasteiger charge is -2.15. The van der Waals surface area contributed by atoms with Gasteiger partial charge in [0.25, 0.3) is 5.91 Å². The van der Waals surface area contributed by atoms with E-state index in [-0.39, 0.29) is 11.7 Å². The number of hydrogen-bond donors (Lipinski definition) is 2. The zero-order chi connectivity index (χ0) is 22.5. The predicted octanol–water partition coefficient (Wildman–Crippen LogP) is 5.41. The molecule has 4 nitrogen and oxygen atoms in total. The van der Waals surface area contributed by atoms with Crippen LogP contribution in [0.1, 0.15) is 43.5 Å². The average Bonchev–Trinajstić information content (AvgIpc) is 3.26. The predicted molar refractivity (Wildman–Crippen MR) is 130 cm³/mol. The van der Waals surface area contributed by atoms with Crippen molar-refractivity contribution in [1.82, 2.24) is 5.32 Å². The number of nitrogens with one attached hydrogen (secondary N) is 1. The summed E-state index contributed by atoms with van der Waals surface area (Å²) in [6.45, 7) is 4.10. The molecule has 0 bridgehead atoms. The minimum absolute atomic E-state index is 0.150. The van der Waals surface area contributed by atoms with Crippen molar-refractivity contribution >= 4 is 40.7 Å². The van der Waals surface area contributed by atoms with Gasteiger partial charge in [0.2, 0.25) is 0 Å². The molecule has 0 radical (unpaired) electrons. The second-order valence-electron chi connectivity index (χ2n) is 7.28. The number of halogens is 1. The van der Waals surface area contributed by atoms with Gasteiger partial charge in [0.1, 0.15) is 6.04 Å². The summed E-state index contributed by atoms with van der Waals surface area (Å²) in [7, 11) is 1.59. The zero-order valence-electron chi connectivity index (χ0n) is 17.7. The molecule has 1 aromatic heterocycles. The van der Waals surface area contributed by atoms with Crippen LogP contribution in [0.5, 0.6) is 0 Å². The molecule has 3 aromatic rings. The number of carbonyl (C=O) groups excluding carboxylic acids is 2. The molecular weight excluding hydrogens is 428 g/mol. The van der Waals surface area contributed by atoms with E-state index in [4.69, 9.17) is 17.3 Å². The third-order valence-corrected chi connectivity index (χ3v) is 6.65.